The zero-order valence-corrected chi connectivity index (χ0v) is 10.1. The molecule has 0 spiro atoms. The molecule has 1 fully saturated rings. The molecule has 0 bridgehead atoms. The largest absolute Gasteiger partial charge is 0.496 e. The Morgan fingerprint density at radius 2 is 2.22 bits per heavy atom. The maximum Gasteiger partial charge on any atom is 0.257 e. The number of ether oxygens (including phenoxy) is 1. The fourth-order valence-electron chi connectivity index (χ4n) is 2.00. The molecule has 0 unspecified atom stereocenters. The van der Waals surface area contributed by atoms with E-state index in [9.17, 15) is 4.79 Å². The highest BCUT2D eigenvalue weighted by atomic mass is 16.5. The fourth-order valence-corrected chi connectivity index (χ4v) is 2.00. The highest BCUT2D eigenvalue weighted by Gasteiger charge is 2.26. The smallest absolute Gasteiger partial charge is 0.257 e. The van der Waals surface area contributed by atoms with Crippen LogP contribution >= 0.6 is 0 Å². The first-order valence-electron chi connectivity index (χ1n) is 6.02. The number of carbonyl (C=O) groups excluding carboxylic acids is 1. The highest BCUT2D eigenvalue weighted by Crippen LogP contribution is 2.28. The van der Waals surface area contributed by atoms with E-state index in [1.807, 2.05) is 24.3 Å². The van der Waals surface area contributed by atoms with Gasteiger partial charge in [0, 0.05) is 17.6 Å². The van der Waals surface area contributed by atoms with Crippen LogP contribution in [0.15, 0.2) is 30.5 Å². The molecule has 0 atom stereocenters. The van der Waals surface area contributed by atoms with Gasteiger partial charge < -0.3 is 10.1 Å². The topological polar surface area (TPSA) is 51.2 Å². The maximum atomic E-state index is 12.3. The average Bonchev–Trinajstić information content (AvgIpc) is 3.21. The molecule has 1 aliphatic carbocycles. The normalized spacial score (nSPS) is 14.5. The molecule has 1 saturated carbocycles. The van der Waals surface area contributed by atoms with E-state index >= 15 is 0 Å². The number of benzene rings is 1. The molecule has 1 heterocycles. The van der Waals surface area contributed by atoms with E-state index < -0.39 is 0 Å². The second-order valence-corrected chi connectivity index (χ2v) is 4.47. The summed E-state index contributed by atoms with van der Waals surface area (Å²) in [7, 11) is 1.57. The molecule has 1 aromatic carbocycles. The van der Waals surface area contributed by atoms with Crippen molar-refractivity contribution < 1.29 is 9.53 Å². The number of amides is 1. The summed E-state index contributed by atoms with van der Waals surface area (Å²) in [5, 5.41) is 3.92. The summed E-state index contributed by atoms with van der Waals surface area (Å²) in [5.41, 5.74) is 1.22. The molecule has 4 heteroatoms. The van der Waals surface area contributed by atoms with Gasteiger partial charge in [-0.15, -0.1) is 0 Å². The highest BCUT2D eigenvalue weighted by molar-refractivity contribution is 6.08. The lowest BCUT2D eigenvalue weighted by atomic mass is 10.1. The van der Waals surface area contributed by atoms with Gasteiger partial charge in [0.15, 0.2) is 0 Å². The summed E-state index contributed by atoms with van der Waals surface area (Å²) < 4.78 is 5.28. The quantitative estimate of drug-likeness (QED) is 0.897. The molecule has 0 radical (unpaired) electrons. The summed E-state index contributed by atoms with van der Waals surface area (Å²) in [4.78, 5) is 16.6. The Morgan fingerprint density at radius 1 is 1.39 bits per heavy atom. The van der Waals surface area contributed by atoms with Crippen LogP contribution < -0.4 is 10.1 Å². The molecule has 18 heavy (non-hydrogen) atoms. The molecule has 0 saturated heterocycles. The molecule has 0 aliphatic heterocycles. The van der Waals surface area contributed by atoms with Gasteiger partial charge in [-0.05, 0) is 31.0 Å². The van der Waals surface area contributed by atoms with Crippen LogP contribution in [0, 0.1) is 0 Å². The zero-order valence-electron chi connectivity index (χ0n) is 10.1. The number of fused-ring (bicyclic) bond motifs is 1. The first-order chi connectivity index (χ1) is 8.79. The van der Waals surface area contributed by atoms with Crippen molar-refractivity contribution in [1.82, 2.24) is 10.3 Å². The SMILES string of the molecule is COc1ccc2cccnc2c1C(=O)NC1CC1. The number of hydrogen-bond acceptors (Lipinski definition) is 3. The minimum absolute atomic E-state index is 0.0985. The second kappa shape index (κ2) is 4.29. The molecule has 1 aromatic heterocycles. The number of carbonyl (C=O) groups is 1. The minimum Gasteiger partial charge on any atom is -0.496 e. The van der Waals surface area contributed by atoms with Gasteiger partial charge in [0.1, 0.15) is 11.3 Å². The third-order valence-corrected chi connectivity index (χ3v) is 3.10. The summed E-state index contributed by atoms with van der Waals surface area (Å²) in [6, 6.07) is 7.84. The number of methoxy groups -OCH3 is 1. The van der Waals surface area contributed by atoms with Crippen LogP contribution in [0.25, 0.3) is 10.9 Å². The molecule has 92 valence electrons. The van der Waals surface area contributed by atoms with Gasteiger partial charge in [0.05, 0.1) is 12.6 Å². The molecule has 4 nitrogen and oxygen atoms in total. The summed E-state index contributed by atoms with van der Waals surface area (Å²) >= 11 is 0. The van der Waals surface area contributed by atoms with E-state index in [2.05, 4.69) is 10.3 Å². The summed E-state index contributed by atoms with van der Waals surface area (Å²) in [6.45, 7) is 0. The zero-order chi connectivity index (χ0) is 12.5. The van der Waals surface area contributed by atoms with Crippen molar-refractivity contribution in [2.24, 2.45) is 0 Å². The molecule has 1 aliphatic rings. The maximum absolute atomic E-state index is 12.3. The van der Waals surface area contributed by atoms with Crippen molar-refractivity contribution in [1.29, 1.82) is 0 Å². The van der Waals surface area contributed by atoms with Crippen molar-refractivity contribution in [3.63, 3.8) is 0 Å². The minimum atomic E-state index is -0.0985. The van der Waals surface area contributed by atoms with Crippen LogP contribution in [0.4, 0.5) is 0 Å². The Labute approximate surface area is 105 Å². The number of nitrogens with zero attached hydrogens (tertiary/aromatic N) is 1. The molecular formula is C14H14N2O2. The molecule has 1 N–H and O–H groups in total. The number of hydrogen-bond donors (Lipinski definition) is 1. The summed E-state index contributed by atoms with van der Waals surface area (Å²) in [6.07, 6.45) is 3.81. The van der Waals surface area contributed by atoms with Crippen molar-refractivity contribution in [2.75, 3.05) is 7.11 Å². The first kappa shape index (κ1) is 11.0. The molecule has 1 amide bonds. The van der Waals surface area contributed by atoms with Crippen LogP contribution in [0.5, 0.6) is 5.75 Å². The van der Waals surface area contributed by atoms with Gasteiger partial charge in [-0.1, -0.05) is 6.07 Å². The Balaban J connectivity index is 2.13. The predicted octanol–water partition coefficient (Wildman–Crippen LogP) is 2.14. The van der Waals surface area contributed by atoms with Gasteiger partial charge in [0.25, 0.3) is 5.91 Å². The predicted molar refractivity (Wildman–Crippen MR) is 68.8 cm³/mol. The number of pyridine rings is 1. The molecule has 3 rings (SSSR count). The Morgan fingerprint density at radius 3 is 2.94 bits per heavy atom. The van der Waals surface area contributed by atoms with Crippen LogP contribution in [0.1, 0.15) is 23.2 Å². The van der Waals surface area contributed by atoms with Crippen LogP contribution in [0.2, 0.25) is 0 Å². The lowest BCUT2D eigenvalue weighted by Gasteiger charge is -2.11. The number of nitrogens with one attached hydrogen (secondary N) is 1. The van der Waals surface area contributed by atoms with E-state index in [0.29, 0.717) is 22.9 Å². The first-order valence-corrected chi connectivity index (χ1v) is 6.02. The third kappa shape index (κ3) is 1.90. The standard InChI is InChI=1S/C14H14N2O2/c1-18-11-7-4-9-3-2-8-15-13(9)12(11)14(17)16-10-5-6-10/h2-4,7-8,10H,5-6H2,1H3,(H,16,17). The fraction of sp³-hybridized carbons (Fsp3) is 0.286. The lowest BCUT2D eigenvalue weighted by molar-refractivity contribution is 0.0949. The van der Waals surface area contributed by atoms with Crippen molar-refractivity contribution >= 4 is 16.8 Å². The number of aromatic nitrogens is 1. The van der Waals surface area contributed by atoms with Crippen molar-refractivity contribution in [2.45, 2.75) is 18.9 Å². The van der Waals surface area contributed by atoms with Crippen LogP contribution in [-0.2, 0) is 0 Å². The van der Waals surface area contributed by atoms with E-state index in [0.717, 1.165) is 18.2 Å². The van der Waals surface area contributed by atoms with Gasteiger partial charge in [-0.25, -0.2) is 0 Å². The van der Waals surface area contributed by atoms with Crippen molar-refractivity contribution in [3.05, 3.63) is 36.0 Å². The van der Waals surface area contributed by atoms with E-state index in [1.54, 1.807) is 13.3 Å². The number of rotatable bonds is 3. The molecule has 2 aromatic rings. The van der Waals surface area contributed by atoms with Gasteiger partial charge in [0.2, 0.25) is 0 Å². The van der Waals surface area contributed by atoms with E-state index in [-0.39, 0.29) is 5.91 Å². The van der Waals surface area contributed by atoms with E-state index in [4.69, 9.17) is 4.74 Å². The van der Waals surface area contributed by atoms with Gasteiger partial charge in [-0.2, -0.15) is 0 Å². The summed E-state index contributed by atoms with van der Waals surface area (Å²) in [5.74, 6) is 0.470. The van der Waals surface area contributed by atoms with Crippen LogP contribution in [0.3, 0.4) is 0 Å². The Hall–Kier alpha value is -2.10. The van der Waals surface area contributed by atoms with Crippen LogP contribution in [-0.4, -0.2) is 24.0 Å². The Kier molecular flexibility index (Phi) is 2.63. The monoisotopic (exact) mass is 242 g/mol. The molecular weight excluding hydrogens is 228 g/mol. The average molecular weight is 242 g/mol. The van der Waals surface area contributed by atoms with Crippen molar-refractivity contribution in [3.8, 4) is 5.75 Å². The lowest BCUT2D eigenvalue weighted by Crippen LogP contribution is -2.26. The second-order valence-electron chi connectivity index (χ2n) is 4.47. The van der Waals surface area contributed by atoms with Gasteiger partial charge in [-0.3, -0.25) is 9.78 Å². The van der Waals surface area contributed by atoms with E-state index in [1.165, 1.54) is 0 Å². The van der Waals surface area contributed by atoms with Gasteiger partial charge >= 0.3 is 0 Å². The Bertz CT molecular complexity index is 606. The third-order valence-electron chi connectivity index (χ3n) is 3.10.